The minimum atomic E-state index is -1.05. The van der Waals surface area contributed by atoms with Gasteiger partial charge in [0.25, 0.3) is 5.89 Å². The first kappa shape index (κ1) is 22.9. The summed E-state index contributed by atoms with van der Waals surface area (Å²) in [7, 11) is 1.22. The van der Waals surface area contributed by atoms with Gasteiger partial charge < -0.3 is 24.3 Å². The Morgan fingerprint density at radius 3 is 2.91 bits per heavy atom. The van der Waals surface area contributed by atoms with E-state index in [9.17, 15) is 19.1 Å². The highest BCUT2D eigenvalue weighted by Crippen LogP contribution is 2.36. The second-order valence-corrected chi connectivity index (χ2v) is 7.70. The molecule has 174 valence electrons. The van der Waals surface area contributed by atoms with E-state index < -0.39 is 29.8 Å². The van der Waals surface area contributed by atoms with Crippen molar-refractivity contribution in [2.45, 2.75) is 12.1 Å². The molecule has 0 bridgehead atoms. The zero-order chi connectivity index (χ0) is 23.5. The van der Waals surface area contributed by atoms with Gasteiger partial charge in [-0.25, -0.2) is 14.2 Å². The van der Waals surface area contributed by atoms with E-state index in [4.69, 9.17) is 25.5 Å². The summed E-state index contributed by atoms with van der Waals surface area (Å²) in [4.78, 5) is 34.9. The van der Waals surface area contributed by atoms with Gasteiger partial charge in [-0.05, 0) is 12.1 Å². The number of carboxylic acid groups (broad SMARTS) is 1. The summed E-state index contributed by atoms with van der Waals surface area (Å²) in [6, 6.07) is 1.87. The third-order valence-electron chi connectivity index (χ3n) is 5.31. The first-order valence-electron chi connectivity index (χ1n) is 9.94. The number of halogens is 2. The van der Waals surface area contributed by atoms with Gasteiger partial charge >= 0.3 is 11.9 Å². The van der Waals surface area contributed by atoms with Crippen LogP contribution in [0.1, 0.15) is 17.5 Å². The Kier molecular flexibility index (Phi) is 6.72. The smallest absolute Gasteiger partial charge is 0.338 e. The predicted molar refractivity (Wildman–Crippen MR) is 113 cm³/mol. The number of nitrogens with one attached hydrogen (secondary N) is 1. The van der Waals surface area contributed by atoms with Gasteiger partial charge in [-0.2, -0.15) is 0 Å². The molecule has 0 spiro atoms. The molecule has 2 N–H and O–H groups in total. The molecular formula is C21H20ClFN4O6. The number of methoxy groups -OCH3 is 1. The van der Waals surface area contributed by atoms with E-state index in [1.807, 2.05) is 0 Å². The number of amidine groups is 1. The van der Waals surface area contributed by atoms with Gasteiger partial charge in [0.15, 0.2) is 5.84 Å². The topological polar surface area (TPSA) is 126 Å². The average molecular weight is 479 g/mol. The summed E-state index contributed by atoms with van der Waals surface area (Å²) < 4.78 is 29.4. The minimum Gasteiger partial charge on any atom is -0.480 e. The number of carboxylic acids is 1. The van der Waals surface area contributed by atoms with Crippen LogP contribution in [0.5, 0.6) is 0 Å². The normalized spacial score (nSPS) is 21.4. The first-order chi connectivity index (χ1) is 15.9. The van der Waals surface area contributed by atoms with Crippen LogP contribution in [0.15, 0.2) is 51.3 Å². The summed E-state index contributed by atoms with van der Waals surface area (Å²) in [6.45, 7) is 0.701. The highest BCUT2D eigenvalue weighted by molar-refractivity contribution is 6.31. The molecule has 0 unspecified atom stereocenters. The lowest BCUT2D eigenvalue weighted by Gasteiger charge is -2.35. The summed E-state index contributed by atoms with van der Waals surface area (Å²) in [5.74, 6) is -1.94. The number of carbonyl (C=O) groups is 2. The molecule has 33 heavy (non-hydrogen) atoms. The van der Waals surface area contributed by atoms with Crippen LogP contribution in [0.3, 0.4) is 0 Å². The molecule has 3 heterocycles. The van der Waals surface area contributed by atoms with Crippen LogP contribution >= 0.6 is 11.6 Å². The number of aromatic nitrogens is 1. The monoisotopic (exact) mass is 478 g/mol. The van der Waals surface area contributed by atoms with Crippen molar-refractivity contribution >= 4 is 29.4 Å². The van der Waals surface area contributed by atoms with E-state index in [1.165, 1.54) is 31.7 Å². The number of morpholine rings is 1. The van der Waals surface area contributed by atoms with E-state index in [2.05, 4.69) is 15.3 Å². The molecule has 2 aromatic rings. The minimum absolute atomic E-state index is 0.00404. The van der Waals surface area contributed by atoms with E-state index in [1.54, 1.807) is 4.90 Å². The molecule has 1 aromatic heterocycles. The summed E-state index contributed by atoms with van der Waals surface area (Å²) in [6.07, 6.45) is 2.79. The highest BCUT2D eigenvalue weighted by Gasteiger charge is 2.37. The highest BCUT2D eigenvalue weighted by atomic mass is 35.5. The summed E-state index contributed by atoms with van der Waals surface area (Å²) >= 11 is 6.30. The fourth-order valence-corrected chi connectivity index (χ4v) is 4.00. The van der Waals surface area contributed by atoms with Crippen LogP contribution in [0.4, 0.5) is 4.39 Å². The predicted octanol–water partition coefficient (Wildman–Crippen LogP) is 1.77. The van der Waals surface area contributed by atoms with Crippen LogP contribution in [0.2, 0.25) is 5.02 Å². The second-order valence-electron chi connectivity index (χ2n) is 7.29. The maximum atomic E-state index is 13.7. The zero-order valence-corrected chi connectivity index (χ0v) is 18.2. The number of aliphatic carboxylic acids is 1. The molecule has 2 aliphatic heterocycles. The molecule has 0 aliphatic carbocycles. The standard InChI is InChI=1S/C21H20ClFN4O6/c1-31-21(30)16-14(9-27-5-7-32-10-15(27)20(28)29)25-18(19-24-4-6-33-19)26-17(16)12-3-2-11(23)8-13(12)22/h2-4,6,8,15,17H,5,7,9-10H2,1H3,(H,25,26)(H,28,29)/t15-,17-/m0/s1. The fraction of sp³-hybridized carbons (Fsp3) is 0.333. The molecular weight excluding hydrogens is 459 g/mol. The van der Waals surface area contributed by atoms with Crippen LogP contribution in [-0.4, -0.2) is 72.2 Å². The van der Waals surface area contributed by atoms with Crippen LogP contribution in [0, 0.1) is 5.82 Å². The van der Waals surface area contributed by atoms with Crippen molar-refractivity contribution in [3.05, 3.63) is 64.2 Å². The number of esters is 1. The largest absolute Gasteiger partial charge is 0.480 e. The lowest BCUT2D eigenvalue weighted by atomic mass is 9.95. The number of ether oxygens (including phenoxy) is 2. The van der Waals surface area contributed by atoms with E-state index in [0.717, 1.165) is 6.07 Å². The molecule has 1 aromatic carbocycles. The van der Waals surface area contributed by atoms with Crippen molar-refractivity contribution in [2.75, 3.05) is 33.4 Å². The maximum absolute atomic E-state index is 13.7. The Hall–Kier alpha value is -3.28. The lowest BCUT2D eigenvalue weighted by molar-refractivity contribution is -0.149. The molecule has 10 nitrogen and oxygen atoms in total. The van der Waals surface area contributed by atoms with Crippen molar-refractivity contribution in [3.8, 4) is 0 Å². The average Bonchev–Trinajstić information content (AvgIpc) is 3.33. The molecule has 0 saturated carbocycles. The van der Waals surface area contributed by atoms with Crippen molar-refractivity contribution in [2.24, 2.45) is 4.99 Å². The zero-order valence-electron chi connectivity index (χ0n) is 17.5. The SMILES string of the molecule is COC(=O)C1=C(CN2CCOC[C@H]2C(=O)O)NC(c2ncco2)=N[C@H]1c1ccc(F)cc1Cl. The van der Waals surface area contributed by atoms with Gasteiger partial charge in [-0.3, -0.25) is 14.7 Å². The molecule has 1 saturated heterocycles. The number of carbonyl (C=O) groups excluding carboxylic acids is 1. The van der Waals surface area contributed by atoms with Gasteiger partial charge in [0, 0.05) is 29.4 Å². The van der Waals surface area contributed by atoms with Crippen molar-refractivity contribution in [1.29, 1.82) is 0 Å². The van der Waals surface area contributed by atoms with Crippen LogP contribution in [-0.2, 0) is 19.1 Å². The molecule has 1 fully saturated rings. The number of benzene rings is 1. The van der Waals surface area contributed by atoms with Gasteiger partial charge in [-0.1, -0.05) is 17.7 Å². The van der Waals surface area contributed by atoms with E-state index in [-0.39, 0.29) is 35.5 Å². The Balaban J connectivity index is 1.83. The number of aliphatic imine (C=N–C) groups is 1. The van der Waals surface area contributed by atoms with Crippen LogP contribution in [0.25, 0.3) is 0 Å². The van der Waals surface area contributed by atoms with Crippen molar-refractivity contribution in [1.82, 2.24) is 15.2 Å². The Labute approximate surface area is 192 Å². The number of hydrogen-bond acceptors (Lipinski definition) is 9. The van der Waals surface area contributed by atoms with Gasteiger partial charge in [0.2, 0.25) is 0 Å². The number of nitrogens with zero attached hydrogens (tertiary/aromatic N) is 3. The molecule has 0 radical (unpaired) electrons. The van der Waals surface area contributed by atoms with Gasteiger partial charge in [0.05, 0.1) is 32.1 Å². The van der Waals surface area contributed by atoms with E-state index >= 15 is 0 Å². The Morgan fingerprint density at radius 2 is 2.24 bits per heavy atom. The third kappa shape index (κ3) is 4.75. The second kappa shape index (κ2) is 9.69. The van der Waals surface area contributed by atoms with Gasteiger partial charge in [0.1, 0.15) is 24.2 Å². The number of oxazole rings is 1. The number of hydrogen-bond donors (Lipinski definition) is 2. The molecule has 0 amide bonds. The molecule has 2 atom stereocenters. The van der Waals surface area contributed by atoms with Crippen LogP contribution < -0.4 is 5.32 Å². The third-order valence-corrected chi connectivity index (χ3v) is 5.64. The Morgan fingerprint density at radius 1 is 1.42 bits per heavy atom. The summed E-state index contributed by atoms with van der Waals surface area (Å²) in [5, 5.41) is 12.7. The van der Waals surface area contributed by atoms with Crippen molar-refractivity contribution in [3.63, 3.8) is 0 Å². The quantitative estimate of drug-likeness (QED) is 0.597. The fourth-order valence-electron chi connectivity index (χ4n) is 3.73. The number of rotatable bonds is 6. The summed E-state index contributed by atoms with van der Waals surface area (Å²) in [5.41, 5.74) is 0.804. The molecule has 4 rings (SSSR count). The molecule has 2 aliphatic rings. The lowest BCUT2D eigenvalue weighted by Crippen LogP contribution is -2.52. The van der Waals surface area contributed by atoms with E-state index in [0.29, 0.717) is 24.4 Å². The van der Waals surface area contributed by atoms with Gasteiger partial charge in [-0.15, -0.1) is 0 Å². The first-order valence-corrected chi connectivity index (χ1v) is 10.3. The molecule has 12 heteroatoms. The van der Waals surface area contributed by atoms with Crippen molar-refractivity contribution < 1.29 is 33.0 Å². The Bertz CT molecular complexity index is 1120. The maximum Gasteiger partial charge on any atom is 0.338 e.